The van der Waals surface area contributed by atoms with Gasteiger partial charge in [-0.3, -0.25) is 9.59 Å². The van der Waals surface area contributed by atoms with Gasteiger partial charge in [-0.05, 0) is 56.9 Å². The van der Waals surface area contributed by atoms with Crippen LogP contribution in [0.3, 0.4) is 0 Å². The Bertz CT molecular complexity index is 1120. The van der Waals surface area contributed by atoms with E-state index >= 15 is 0 Å². The molecule has 1 N–H and O–H groups in total. The average molecular weight is 491 g/mol. The second-order valence-electron chi connectivity index (χ2n) is 10.0. The molecular weight excluding hydrogens is 456 g/mol. The van der Waals surface area contributed by atoms with Gasteiger partial charge in [-0.2, -0.15) is 0 Å². The van der Waals surface area contributed by atoms with Gasteiger partial charge in [-0.1, -0.05) is 90.0 Å². The zero-order chi connectivity index (χ0) is 25.4. The highest BCUT2D eigenvalue weighted by molar-refractivity contribution is 6.31. The van der Waals surface area contributed by atoms with Crippen LogP contribution in [-0.4, -0.2) is 28.3 Å². The van der Waals surface area contributed by atoms with Crippen molar-refractivity contribution in [3.63, 3.8) is 0 Å². The predicted molar refractivity (Wildman–Crippen MR) is 143 cm³/mol. The number of benzene rings is 3. The third-order valence-corrected chi connectivity index (χ3v) is 6.18. The summed E-state index contributed by atoms with van der Waals surface area (Å²) in [5.41, 5.74) is 3.66. The van der Waals surface area contributed by atoms with Crippen LogP contribution in [0.25, 0.3) is 0 Å². The predicted octanol–water partition coefficient (Wildman–Crippen LogP) is 6.14. The standard InChI is InChI=1S/C30H35ClN2O2/c1-22-14-16-24(17-15-22)21-33(28(34)19-18-25-12-8-9-13-26(25)31)27(29(35)32-30(2,3)4)20-23-10-6-5-7-11-23/h5-17,27H,18-21H2,1-4H3,(H,32,35). The van der Waals surface area contributed by atoms with E-state index in [1.54, 1.807) is 4.90 Å². The van der Waals surface area contributed by atoms with Crippen molar-refractivity contribution in [2.45, 2.75) is 65.1 Å². The Labute approximate surface area is 214 Å². The van der Waals surface area contributed by atoms with Crippen LogP contribution in [0.2, 0.25) is 5.02 Å². The van der Waals surface area contributed by atoms with Crippen LogP contribution >= 0.6 is 11.6 Å². The summed E-state index contributed by atoms with van der Waals surface area (Å²) in [4.78, 5) is 29.0. The molecule has 0 spiro atoms. The molecule has 35 heavy (non-hydrogen) atoms. The molecule has 0 saturated heterocycles. The van der Waals surface area contributed by atoms with Crippen LogP contribution in [0.1, 0.15) is 49.4 Å². The van der Waals surface area contributed by atoms with Gasteiger partial charge in [0.2, 0.25) is 11.8 Å². The Hall–Kier alpha value is -3.11. The lowest BCUT2D eigenvalue weighted by Crippen LogP contribution is -2.54. The maximum Gasteiger partial charge on any atom is 0.243 e. The van der Waals surface area contributed by atoms with Gasteiger partial charge in [-0.15, -0.1) is 0 Å². The normalized spacial score (nSPS) is 12.1. The fourth-order valence-corrected chi connectivity index (χ4v) is 4.21. The van der Waals surface area contributed by atoms with E-state index in [9.17, 15) is 9.59 Å². The lowest BCUT2D eigenvalue weighted by Gasteiger charge is -2.34. The molecule has 1 unspecified atom stereocenters. The number of nitrogens with zero attached hydrogens (tertiary/aromatic N) is 1. The first kappa shape index (κ1) is 26.5. The molecule has 0 aromatic heterocycles. The Morgan fingerprint density at radius 2 is 1.51 bits per heavy atom. The SMILES string of the molecule is Cc1ccc(CN(C(=O)CCc2ccccc2Cl)C(Cc2ccccc2)C(=O)NC(C)(C)C)cc1. The van der Waals surface area contributed by atoms with Crippen LogP contribution in [-0.2, 0) is 29.0 Å². The maximum absolute atomic E-state index is 13.7. The quantitative estimate of drug-likeness (QED) is 0.392. The first-order chi connectivity index (χ1) is 16.6. The van der Waals surface area contributed by atoms with Crippen LogP contribution in [0, 0.1) is 6.92 Å². The number of rotatable bonds is 9. The van der Waals surface area contributed by atoms with E-state index in [1.165, 1.54) is 0 Å². The molecule has 0 heterocycles. The van der Waals surface area contributed by atoms with Crippen molar-refractivity contribution in [1.82, 2.24) is 10.2 Å². The minimum Gasteiger partial charge on any atom is -0.350 e. The summed E-state index contributed by atoms with van der Waals surface area (Å²) >= 11 is 6.34. The van der Waals surface area contributed by atoms with Crippen LogP contribution < -0.4 is 5.32 Å². The van der Waals surface area contributed by atoms with Gasteiger partial charge in [0.05, 0.1) is 0 Å². The molecule has 0 aliphatic heterocycles. The Balaban J connectivity index is 1.93. The smallest absolute Gasteiger partial charge is 0.243 e. The van der Waals surface area contributed by atoms with Gasteiger partial charge >= 0.3 is 0 Å². The molecule has 1 atom stereocenters. The Kier molecular flexibility index (Phi) is 9.11. The van der Waals surface area contributed by atoms with E-state index < -0.39 is 11.6 Å². The summed E-state index contributed by atoms with van der Waals surface area (Å²) in [5, 5.41) is 3.75. The van der Waals surface area contributed by atoms with Crippen LogP contribution in [0.15, 0.2) is 78.9 Å². The van der Waals surface area contributed by atoms with Crippen molar-refractivity contribution in [3.05, 3.63) is 106 Å². The van der Waals surface area contributed by atoms with E-state index in [2.05, 4.69) is 5.32 Å². The first-order valence-corrected chi connectivity index (χ1v) is 12.4. The number of hydrogen-bond donors (Lipinski definition) is 1. The number of halogens is 1. The van der Waals surface area contributed by atoms with Gasteiger partial charge in [0.25, 0.3) is 0 Å². The fourth-order valence-electron chi connectivity index (χ4n) is 3.98. The number of hydrogen-bond acceptors (Lipinski definition) is 2. The molecule has 3 aromatic rings. The fraction of sp³-hybridized carbons (Fsp3) is 0.333. The zero-order valence-corrected chi connectivity index (χ0v) is 21.8. The average Bonchev–Trinajstić information content (AvgIpc) is 2.81. The third-order valence-electron chi connectivity index (χ3n) is 5.81. The number of nitrogens with one attached hydrogen (secondary N) is 1. The highest BCUT2D eigenvalue weighted by Gasteiger charge is 2.32. The topological polar surface area (TPSA) is 49.4 Å². The van der Waals surface area contributed by atoms with E-state index in [4.69, 9.17) is 11.6 Å². The molecule has 0 aliphatic rings. The van der Waals surface area contributed by atoms with E-state index in [1.807, 2.05) is 107 Å². The molecule has 5 heteroatoms. The Morgan fingerprint density at radius 1 is 0.886 bits per heavy atom. The van der Waals surface area contributed by atoms with Gasteiger partial charge in [0.1, 0.15) is 6.04 Å². The highest BCUT2D eigenvalue weighted by Crippen LogP contribution is 2.20. The summed E-state index contributed by atoms with van der Waals surface area (Å²) in [6, 6.07) is 24.9. The minimum absolute atomic E-state index is 0.0736. The van der Waals surface area contributed by atoms with Gasteiger partial charge in [0, 0.05) is 29.9 Å². The largest absolute Gasteiger partial charge is 0.350 e. The lowest BCUT2D eigenvalue weighted by molar-refractivity contribution is -0.141. The first-order valence-electron chi connectivity index (χ1n) is 12.1. The molecule has 0 radical (unpaired) electrons. The second-order valence-corrected chi connectivity index (χ2v) is 10.5. The number of carbonyl (C=O) groups excluding carboxylic acids is 2. The molecule has 2 amide bonds. The molecule has 0 aliphatic carbocycles. The third kappa shape index (κ3) is 8.25. The van der Waals surface area contributed by atoms with Crippen molar-refractivity contribution in [2.24, 2.45) is 0 Å². The van der Waals surface area contributed by atoms with Gasteiger partial charge in [0.15, 0.2) is 0 Å². The molecule has 3 aromatic carbocycles. The highest BCUT2D eigenvalue weighted by atomic mass is 35.5. The number of aryl methyl sites for hydroxylation is 2. The molecule has 0 saturated carbocycles. The van der Waals surface area contributed by atoms with Crippen LogP contribution in [0.5, 0.6) is 0 Å². The molecular formula is C30H35ClN2O2. The molecule has 0 fully saturated rings. The lowest BCUT2D eigenvalue weighted by atomic mass is 9.99. The second kappa shape index (κ2) is 12.0. The number of amides is 2. The van der Waals surface area contributed by atoms with Crippen LogP contribution in [0.4, 0.5) is 0 Å². The van der Waals surface area contributed by atoms with Crippen molar-refractivity contribution in [1.29, 1.82) is 0 Å². The van der Waals surface area contributed by atoms with Gasteiger partial charge in [-0.25, -0.2) is 0 Å². The number of carbonyl (C=O) groups is 2. The molecule has 184 valence electrons. The van der Waals surface area contributed by atoms with E-state index in [0.29, 0.717) is 24.4 Å². The maximum atomic E-state index is 13.7. The van der Waals surface area contributed by atoms with Gasteiger partial charge < -0.3 is 10.2 Å². The summed E-state index contributed by atoms with van der Waals surface area (Å²) in [6.45, 7) is 8.25. The molecule has 3 rings (SSSR count). The van der Waals surface area contributed by atoms with Crippen molar-refractivity contribution >= 4 is 23.4 Å². The summed E-state index contributed by atoms with van der Waals surface area (Å²) in [5.74, 6) is -0.227. The minimum atomic E-state index is -0.642. The summed E-state index contributed by atoms with van der Waals surface area (Å²) in [7, 11) is 0. The molecule has 0 bridgehead atoms. The van der Waals surface area contributed by atoms with Crippen molar-refractivity contribution < 1.29 is 9.59 Å². The summed E-state index contributed by atoms with van der Waals surface area (Å²) < 4.78 is 0. The monoisotopic (exact) mass is 490 g/mol. The van der Waals surface area contributed by atoms with E-state index in [-0.39, 0.29) is 18.2 Å². The van der Waals surface area contributed by atoms with E-state index in [0.717, 1.165) is 22.3 Å². The summed E-state index contributed by atoms with van der Waals surface area (Å²) in [6.07, 6.45) is 1.22. The Morgan fingerprint density at radius 3 is 2.14 bits per heavy atom. The van der Waals surface area contributed by atoms with Crippen molar-refractivity contribution in [2.75, 3.05) is 0 Å². The van der Waals surface area contributed by atoms with Crippen molar-refractivity contribution in [3.8, 4) is 0 Å². The molecule has 4 nitrogen and oxygen atoms in total. The zero-order valence-electron chi connectivity index (χ0n) is 21.1.